The Bertz CT molecular complexity index is 576. The molecule has 2 aromatic heterocycles. The van der Waals surface area contributed by atoms with Crippen molar-refractivity contribution < 1.29 is 4.74 Å². The lowest BCUT2D eigenvalue weighted by Crippen LogP contribution is -2.16. The van der Waals surface area contributed by atoms with Crippen LogP contribution in [0.15, 0.2) is 12.7 Å². The molecule has 0 aromatic carbocycles. The number of hydrogen-bond acceptors (Lipinski definition) is 5. The number of nitrogens with zero attached hydrogens (tertiary/aromatic N) is 4. The predicted octanol–water partition coefficient (Wildman–Crippen LogP) is 2.22. The summed E-state index contributed by atoms with van der Waals surface area (Å²) >= 11 is 0. The van der Waals surface area contributed by atoms with E-state index in [4.69, 9.17) is 4.74 Å². The van der Waals surface area contributed by atoms with E-state index in [9.17, 15) is 0 Å². The second-order valence-corrected chi connectivity index (χ2v) is 5.38. The molecule has 2 aromatic rings. The number of fused-ring (bicyclic) bond motifs is 1. The molecule has 2 unspecified atom stereocenters. The first-order valence-corrected chi connectivity index (χ1v) is 7.32. The van der Waals surface area contributed by atoms with Crippen LogP contribution < -0.4 is 5.32 Å². The third-order valence-electron chi connectivity index (χ3n) is 3.82. The SMILES string of the molecule is CCC(C)Nc1ncnc2c1ncn2CC1CCCO1. The van der Waals surface area contributed by atoms with Crippen molar-refractivity contribution in [2.75, 3.05) is 11.9 Å². The maximum atomic E-state index is 5.68. The summed E-state index contributed by atoms with van der Waals surface area (Å²) < 4.78 is 7.74. The van der Waals surface area contributed by atoms with Crippen molar-refractivity contribution >= 4 is 17.0 Å². The molecule has 20 heavy (non-hydrogen) atoms. The average molecular weight is 275 g/mol. The predicted molar refractivity (Wildman–Crippen MR) is 77.7 cm³/mol. The monoisotopic (exact) mass is 275 g/mol. The van der Waals surface area contributed by atoms with Crippen molar-refractivity contribution in [3.63, 3.8) is 0 Å². The highest BCUT2D eigenvalue weighted by Crippen LogP contribution is 2.21. The van der Waals surface area contributed by atoms with Gasteiger partial charge in [-0.15, -0.1) is 0 Å². The first kappa shape index (κ1) is 13.3. The third-order valence-corrected chi connectivity index (χ3v) is 3.82. The molecule has 3 heterocycles. The molecule has 0 saturated carbocycles. The number of nitrogens with one attached hydrogen (secondary N) is 1. The van der Waals surface area contributed by atoms with Crippen molar-refractivity contribution in [3.8, 4) is 0 Å². The van der Waals surface area contributed by atoms with Crippen LogP contribution in [0.25, 0.3) is 11.2 Å². The van der Waals surface area contributed by atoms with E-state index in [-0.39, 0.29) is 6.10 Å². The summed E-state index contributed by atoms with van der Waals surface area (Å²) in [7, 11) is 0. The molecule has 0 radical (unpaired) electrons. The molecule has 0 aliphatic carbocycles. The highest BCUT2D eigenvalue weighted by molar-refractivity contribution is 5.82. The minimum absolute atomic E-state index is 0.285. The minimum atomic E-state index is 0.285. The number of hydrogen-bond donors (Lipinski definition) is 1. The summed E-state index contributed by atoms with van der Waals surface area (Å²) in [4.78, 5) is 13.1. The summed E-state index contributed by atoms with van der Waals surface area (Å²) in [5.41, 5.74) is 1.71. The maximum Gasteiger partial charge on any atom is 0.165 e. The Kier molecular flexibility index (Phi) is 3.82. The highest BCUT2D eigenvalue weighted by Gasteiger charge is 2.18. The van der Waals surface area contributed by atoms with E-state index in [2.05, 4.69) is 38.7 Å². The number of anilines is 1. The van der Waals surface area contributed by atoms with Gasteiger partial charge in [-0.05, 0) is 26.2 Å². The molecule has 1 N–H and O–H groups in total. The molecule has 3 rings (SSSR count). The fourth-order valence-electron chi connectivity index (χ4n) is 2.46. The summed E-state index contributed by atoms with van der Waals surface area (Å²) in [6.07, 6.45) is 7.02. The Labute approximate surface area is 118 Å². The van der Waals surface area contributed by atoms with Gasteiger partial charge in [-0.1, -0.05) is 6.92 Å². The lowest BCUT2D eigenvalue weighted by molar-refractivity contribution is 0.0978. The zero-order chi connectivity index (χ0) is 13.9. The van der Waals surface area contributed by atoms with Gasteiger partial charge in [0.1, 0.15) is 11.8 Å². The van der Waals surface area contributed by atoms with Gasteiger partial charge < -0.3 is 14.6 Å². The van der Waals surface area contributed by atoms with E-state index < -0.39 is 0 Å². The Hall–Kier alpha value is -1.69. The summed E-state index contributed by atoms with van der Waals surface area (Å²) in [5.74, 6) is 0.815. The molecule has 6 heteroatoms. The molecule has 1 aliphatic heterocycles. The molecule has 0 bridgehead atoms. The average Bonchev–Trinajstić information content (AvgIpc) is 3.10. The van der Waals surface area contributed by atoms with E-state index in [0.29, 0.717) is 6.04 Å². The zero-order valence-corrected chi connectivity index (χ0v) is 12.0. The smallest absolute Gasteiger partial charge is 0.165 e. The second-order valence-electron chi connectivity index (χ2n) is 5.38. The lowest BCUT2D eigenvalue weighted by atomic mass is 10.2. The summed E-state index contributed by atoms with van der Waals surface area (Å²) in [5, 5.41) is 3.38. The van der Waals surface area contributed by atoms with E-state index in [1.165, 1.54) is 0 Å². The number of ether oxygens (including phenoxy) is 1. The van der Waals surface area contributed by atoms with E-state index >= 15 is 0 Å². The van der Waals surface area contributed by atoms with Crippen molar-refractivity contribution in [2.45, 2.75) is 51.8 Å². The van der Waals surface area contributed by atoms with Crippen molar-refractivity contribution in [1.29, 1.82) is 0 Å². The first-order valence-electron chi connectivity index (χ1n) is 7.32. The first-order chi connectivity index (χ1) is 9.78. The molecule has 2 atom stereocenters. The maximum absolute atomic E-state index is 5.68. The number of imidazole rings is 1. The highest BCUT2D eigenvalue weighted by atomic mass is 16.5. The van der Waals surface area contributed by atoms with Crippen LogP contribution in [0.1, 0.15) is 33.1 Å². The van der Waals surface area contributed by atoms with Crippen molar-refractivity contribution in [1.82, 2.24) is 19.5 Å². The molecule has 0 spiro atoms. The van der Waals surface area contributed by atoms with Gasteiger partial charge in [-0.25, -0.2) is 15.0 Å². The van der Waals surface area contributed by atoms with Crippen LogP contribution in [0.5, 0.6) is 0 Å². The Morgan fingerprint density at radius 3 is 3.10 bits per heavy atom. The Morgan fingerprint density at radius 1 is 1.45 bits per heavy atom. The van der Waals surface area contributed by atoms with Crippen molar-refractivity contribution in [2.24, 2.45) is 0 Å². The second kappa shape index (κ2) is 5.75. The molecule has 0 amide bonds. The standard InChI is InChI=1S/C14H21N5O/c1-3-10(2)18-13-12-14(16-8-15-13)19(9-17-12)7-11-5-4-6-20-11/h8-11H,3-7H2,1-2H3,(H,15,16,18). The van der Waals surface area contributed by atoms with Gasteiger partial charge in [-0.3, -0.25) is 0 Å². The zero-order valence-electron chi connectivity index (χ0n) is 12.0. The van der Waals surface area contributed by atoms with Gasteiger partial charge >= 0.3 is 0 Å². The van der Waals surface area contributed by atoms with E-state index in [1.54, 1.807) is 6.33 Å². The van der Waals surface area contributed by atoms with Crippen LogP contribution in [0.2, 0.25) is 0 Å². The van der Waals surface area contributed by atoms with Gasteiger partial charge in [0.15, 0.2) is 11.5 Å². The molecule has 1 aliphatic rings. The Balaban J connectivity index is 1.86. The van der Waals surface area contributed by atoms with Crippen LogP contribution in [-0.2, 0) is 11.3 Å². The van der Waals surface area contributed by atoms with E-state index in [1.807, 2.05) is 6.33 Å². The topological polar surface area (TPSA) is 64.9 Å². The van der Waals surface area contributed by atoms with Gasteiger partial charge in [0.25, 0.3) is 0 Å². The fraction of sp³-hybridized carbons (Fsp3) is 0.643. The minimum Gasteiger partial charge on any atom is -0.376 e. The van der Waals surface area contributed by atoms with Crippen LogP contribution in [-0.4, -0.2) is 38.3 Å². The normalized spacial score (nSPS) is 20.4. The van der Waals surface area contributed by atoms with Crippen LogP contribution in [0, 0.1) is 0 Å². The van der Waals surface area contributed by atoms with Gasteiger partial charge in [0.05, 0.1) is 19.0 Å². The van der Waals surface area contributed by atoms with Gasteiger partial charge in [-0.2, -0.15) is 0 Å². The molecule has 6 nitrogen and oxygen atoms in total. The van der Waals surface area contributed by atoms with Crippen molar-refractivity contribution in [3.05, 3.63) is 12.7 Å². The summed E-state index contributed by atoms with van der Waals surface area (Å²) in [6.45, 7) is 5.97. The van der Waals surface area contributed by atoms with Crippen LogP contribution in [0.4, 0.5) is 5.82 Å². The van der Waals surface area contributed by atoms with Crippen LogP contribution in [0.3, 0.4) is 0 Å². The number of rotatable bonds is 5. The van der Waals surface area contributed by atoms with Gasteiger partial charge in [0.2, 0.25) is 0 Å². The molecule has 1 fully saturated rings. The van der Waals surface area contributed by atoms with Gasteiger partial charge in [0, 0.05) is 12.6 Å². The molecule has 108 valence electrons. The van der Waals surface area contributed by atoms with Crippen LogP contribution >= 0.6 is 0 Å². The molecular formula is C14H21N5O. The Morgan fingerprint density at radius 2 is 2.35 bits per heavy atom. The van der Waals surface area contributed by atoms with E-state index in [0.717, 1.165) is 49.4 Å². The number of aromatic nitrogens is 4. The quantitative estimate of drug-likeness (QED) is 0.906. The largest absolute Gasteiger partial charge is 0.376 e. The lowest BCUT2D eigenvalue weighted by Gasteiger charge is -2.13. The third kappa shape index (κ3) is 2.60. The molecular weight excluding hydrogens is 254 g/mol. The summed E-state index contributed by atoms with van der Waals surface area (Å²) in [6, 6.07) is 0.372. The fourth-order valence-corrected chi connectivity index (χ4v) is 2.46. The molecule has 1 saturated heterocycles.